The molecule has 2 amide bonds. The molecule has 3 N–H and O–H groups in total. The molecule has 1 aliphatic heterocycles. The van der Waals surface area contributed by atoms with E-state index in [2.05, 4.69) is 21.2 Å². The zero-order chi connectivity index (χ0) is 21.2. The van der Waals surface area contributed by atoms with Gasteiger partial charge in [-0.1, -0.05) is 0 Å². The molecule has 2 aromatic rings. The Labute approximate surface area is 176 Å². The molecule has 0 unspecified atom stereocenters. The van der Waals surface area contributed by atoms with Crippen LogP contribution >= 0.6 is 15.9 Å². The molecule has 1 saturated heterocycles. The van der Waals surface area contributed by atoms with Crippen molar-refractivity contribution in [3.05, 3.63) is 58.3 Å². The first-order chi connectivity index (χ1) is 13.6. The van der Waals surface area contributed by atoms with Gasteiger partial charge in [0.15, 0.2) is 0 Å². The van der Waals surface area contributed by atoms with E-state index in [1.165, 1.54) is 42.5 Å². The average Bonchev–Trinajstić information content (AvgIpc) is 2.69. The van der Waals surface area contributed by atoms with Gasteiger partial charge in [0, 0.05) is 29.2 Å². The van der Waals surface area contributed by atoms with Crippen LogP contribution < -0.4 is 10.5 Å². The van der Waals surface area contributed by atoms with Crippen LogP contribution in [0.3, 0.4) is 0 Å². The minimum Gasteiger partial charge on any atom is -0.339 e. The standard InChI is InChI=1S/C19H19BrFN3O4S/c20-17-6-1-13(21)11-16(17)19(26)24-9-7-12(8-10-24)18(25)23-14-2-4-15(5-3-14)29(22,27)28/h1-6,11-12H,7-10H2,(H,23,25)(H2,22,27,28). The number of benzene rings is 2. The van der Waals surface area contributed by atoms with E-state index < -0.39 is 15.8 Å². The van der Waals surface area contributed by atoms with Crippen LogP contribution in [0.15, 0.2) is 51.8 Å². The van der Waals surface area contributed by atoms with Gasteiger partial charge in [0.2, 0.25) is 15.9 Å². The van der Waals surface area contributed by atoms with Crippen molar-refractivity contribution < 1.29 is 22.4 Å². The second kappa shape index (κ2) is 8.60. The van der Waals surface area contributed by atoms with Crippen LogP contribution in [-0.4, -0.2) is 38.2 Å². The Bertz CT molecular complexity index is 1040. The summed E-state index contributed by atoms with van der Waals surface area (Å²) in [5.41, 5.74) is 0.715. The molecular weight excluding hydrogens is 465 g/mol. The number of anilines is 1. The molecule has 1 heterocycles. The van der Waals surface area contributed by atoms with E-state index in [1.54, 1.807) is 4.90 Å². The smallest absolute Gasteiger partial charge is 0.255 e. The first-order valence-corrected chi connectivity index (χ1v) is 11.2. The summed E-state index contributed by atoms with van der Waals surface area (Å²) in [5, 5.41) is 7.80. The summed E-state index contributed by atoms with van der Waals surface area (Å²) < 4.78 is 36.5. The van der Waals surface area contributed by atoms with Crippen molar-refractivity contribution in [1.82, 2.24) is 4.90 Å². The third kappa shape index (κ3) is 5.20. The number of hydrogen-bond donors (Lipinski definition) is 2. The molecule has 1 aliphatic rings. The quantitative estimate of drug-likeness (QED) is 0.696. The van der Waals surface area contributed by atoms with Gasteiger partial charge in [-0.05, 0) is 71.2 Å². The molecule has 2 aromatic carbocycles. The lowest BCUT2D eigenvalue weighted by molar-refractivity contribution is -0.121. The summed E-state index contributed by atoms with van der Waals surface area (Å²) in [4.78, 5) is 26.7. The predicted molar refractivity (Wildman–Crippen MR) is 109 cm³/mol. The molecule has 0 radical (unpaired) electrons. The van der Waals surface area contributed by atoms with Gasteiger partial charge in [0.1, 0.15) is 5.82 Å². The van der Waals surface area contributed by atoms with Gasteiger partial charge in [0.05, 0.1) is 10.5 Å². The highest BCUT2D eigenvalue weighted by Crippen LogP contribution is 2.24. The molecule has 154 valence electrons. The van der Waals surface area contributed by atoms with Crippen LogP contribution in [0.4, 0.5) is 10.1 Å². The van der Waals surface area contributed by atoms with Crippen molar-refractivity contribution in [2.45, 2.75) is 17.7 Å². The molecule has 29 heavy (non-hydrogen) atoms. The number of nitrogens with two attached hydrogens (primary N) is 1. The second-order valence-corrected chi connectivity index (χ2v) is 9.17. The number of rotatable bonds is 4. The van der Waals surface area contributed by atoms with Crippen molar-refractivity contribution in [3.8, 4) is 0 Å². The molecule has 0 spiro atoms. The highest BCUT2D eigenvalue weighted by Gasteiger charge is 2.28. The summed E-state index contributed by atoms with van der Waals surface area (Å²) >= 11 is 3.26. The minimum atomic E-state index is -3.79. The summed E-state index contributed by atoms with van der Waals surface area (Å²) in [5.74, 6) is -1.26. The molecule has 0 saturated carbocycles. The lowest BCUT2D eigenvalue weighted by Gasteiger charge is -2.31. The van der Waals surface area contributed by atoms with Gasteiger partial charge < -0.3 is 10.2 Å². The number of likely N-dealkylation sites (tertiary alicyclic amines) is 1. The number of primary sulfonamides is 1. The lowest BCUT2D eigenvalue weighted by atomic mass is 9.95. The lowest BCUT2D eigenvalue weighted by Crippen LogP contribution is -2.41. The van der Waals surface area contributed by atoms with Gasteiger partial charge >= 0.3 is 0 Å². The zero-order valence-electron chi connectivity index (χ0n) is 15.3. The fraction of sp³-hybridized carbons (Fsp3) is 0.263. The second-order valence-electron chi connectivity index (χ2n) is 6.75. The highest BCUT2D eigenvalue weighted by molar-refractivity contribution is 9.10. The number of nitrogens with one attached hydrogen (secondary N) is 1. The maximum Gasteiger partial charge on any atom is 0.255 e. The maximum absolute atomic E-state index is 13.5. The Balaban J connectivity index is 1.58. The van der Waals surface area contributed by atoms with Crippen LogP contribution in [0.25, 0.3) is 0 Å². The normalized spacial score (nSPS) is 15.2. The van der Waals surface area contributed by atoms with Crippen molar-refractivity contribution in [1.29, 1.82) is 0 Å². The molecule has 1 fully saturated rings. The largest absolute Gasteiger partial charge is 0.339 e. The van der Waals surface area contributed by atoms with Crippen LogP contribution in [0.2, 0.25) is 0 Å². The molecule has 7 nitrogen and oxygen atoms in total. The Morgan fingerprint density at radius 1 is 1.10 bits per heavy atom. The van der Waals surface area contributed by atoms with Gasteiger partial charge in [-0.15, -0.1) is 0 Å². The van der Waals surface area contributed by atoms with E-state index in [1.807, 2.05) is 0 Å². The van der Waals surface area contributed by atoms with E-state index in [9.17, 15) is 22.4 Å². The molecule has 3 rings (SSSR count). The van der Waals surface area contributed by atoms with Gasteiger partial charge in [-0.2, -0.15) is 0 Å². The van der Waals surface area contributed by atoms with Crippen molar-refractivity contribution >= 4 is 43.5 Å². The number of sulfonamides is 1. The number of nitrogens with zero attached hydrogens (tertiary/aromatic N) is 1. The van der Waals surface area contributed by atoms with E-state index in [-0.39, 0.29) is 28.2 Å². The van der Waals surface area contributed by atoms with Crippen LogP contribution in [0.5, 0.6) is 0 Å². The molecule has 0 atom stereocenters. The maximum atomic E-state index is 13.5. The SMILES string of the molecule is NS(=O)(=O)c1ccc(NC(=O)C2CCN(C(=O)c3cc(F)ccc3Br)CC2)cc1. The summed E-state index contributed by atoms with van der Waals surface area (Å²) in [6, 6.07) is 9.54. The van der Waals surface area contributed by atoms with E-state index in [0.717, 1.165) is 0 Å². The first-order valence-electron chi connectivity index (χ1n) is 8.83. The van der Waals surface area contributed by atoms with Gasteiger partial charge in [0.25, 0.3) is 5.91 Å². The fourth-order valence-corrected chi connectivity index (χ4v) is 4.08. The number of amides is 2. The van der Waals surface area contributed by atoms with Gasteiger partial charge in [-0.3, -0.25) is 9.59 Å². The van der Waals surface area contributed by atoms with Crippen molar-refractivity contribution in [2.75, 3.05) is 18.4 Å². The number of halogens is 2. The molecule has 0 bridgehead atoms. The van der Waals surface area contributed by atoms with Crippen LogP contribution in [-0.2, 0) is 14.8 Å². The summed E-state index contributed by atoms with van der Waals surface area (Å²) in [6.07, 6.45) is 0.944. The minimum absolute atomic E-state index is 0.0363. The van der Waals surface area contributed by atoms with E-state index in [4.69, 9.17) is 5.14 Å². The Kier molecular flexibility index (Phi) is 6.35. The number of carbonyl (C=O) groups is 2. The highest BCUT2D eigenvalue weighted by atomic mass is 79.9. The first kappa shape index (κ1) is 21.4. The van der Waals surface area contributed by atoms with E-state index >= 15 is 0 Å². The zero-order valence-corrected chi connectivity index (χ0v) is 17.7. The summed E-state index contributed by atoms with van der Waals surface area (Å²) in [6.45, 7) is 0.758. The topological polar surface area (TPSA) is 110 Å². The fourth-order valence-electron chi connectivity index (χ4n) is 3.15. The Morgan fingerprint density at radius 2 is 1.72 bits per heavy atom. The summed E-state index contributed by atoms with van der Waals surface area (Å²) in [7, 11) is -3.79. The van der Waals surface area contributed by atoms with E-state index in [0.29, 0.717) is 36.1 Å². The third-order valence-corrected chi connectivity index (χ3v) is 6.38. The molecular formula is C19H19BrFN3O4S. The predicted octanol–water partition coefficient (Wildman–Crippen LogP) is 2.73. The molecule has 0 aromatic heterocycles. The third-order valence-electron chi connectivity index (χ3n) is 4.76. The number of piperidine rings is 1. The number of carbonyl (C=O) groups excluding carboxylic acids is 2. The molecule has 0 aliphatic carbocycles. The van der Waals surface area contributed by atoms with Crippen LogP contribution in [0.1, 0.15) is 23.2 Å². The molecule has 10 heteroatoms. The number of hydrogen-bond acceptors (Lipinski definition) is 4. The van der Waals surface area contributed by atoms with Crippen LogP contribution in [0, 0.1) is 11.7 Å². The van der Waals surface area contributed by atoms with Crippen molar-refractivity contribution in [2.24, 2.45) is 11.1 Å². The average molecular weight is 484 g/mol. The van der Waals surface area contributed by atoms with Crippen molar-refractivity contribution in [3.63, 3.8) is 0 Å². The van der Waals surface area contributed by atoms with Gasteiger partial charge in [-0.25, -0.2) is 17.9 Å². The Hall–Kier alpha value is -2.30. The monoisotopic (exact) mass is 483 g/mol. The Morgan fingerprint density at radius 3 is 2.31 bits per heavy atom.